The number of rotatable bonds is 4. The molecular formula is C15H16N3O2S+. The van der Waals surface area contributed by atoms with Crippen LogP contribution >= 0.6 is 11.3 Å². The van der Waals surface area contributed by atoms with Crippen molar-refractivity contribution in [3.63, 3.8) is 0 Å². The molecule has 1 aliphatic heterocycles. The fourth-order valence-corrected chi connectivity index (χ4v) is 2.82. The first-order valence-electron chi connectivity index (χ1n) is 6.61. The second-order valence-electron chi connectivity index (χ2n) is 4.61. The summed E-state index contributed by atoms with van der Waals surface area (Å²) in [5.41, 5.74) is 0.907. The molecule has 21 heavy (non-hydrogen) atoms. The standard InChI is InChI=1S/C15H15N3O2S/c1-20-12-6-4-11(5-7-12)17-15-16-9-14(19)18(15)10-13-3-2-8-21-13/h2-8H,9-10H2,1H3,(H,16,17)/p+1. The van der Waals surface area contributed by atoms with Crippen molar-refractivity contribution in [2.45, 2.75) is 6.54 Å². The van der Waals surface area contributed by atoms with E-state index in [1.807, 2.05) is 41.8 Å². The molecular weight excluding hydrogens is 286 g/mol. The van der Waals surface area contributed by atoms with Gasteiger partial charge in [0.2, 0.25) is 0 Å². The van der Waals surface area contributed by atoms with Gasteiger partial charge in [-0.15, -0.1) is 11.3 Å². The first kappa shape index (κ1) is 13.6. The Bertz CT molecular complexity index is 650. The fraction of sp³-hybridized carbons (Fsp3) is 0.200. The summed E-state index contributed by atoms with van der Waals surface area (Å²) in [5.74, 6) is 1.59. The zero-order valence-electron chi connectivity index (χ0n) is 11.6. The molecule has 2 N–H and O–H groups in total. The summed E-state index contributed by atoms with van der Waals surface area (Å²) in [6, 6.07) is 11.6. The Morgan fingerprint density at radius 2 is 2.14 bits per heavy atom. The average Bonchev–Trinajstić information content (AvgIpc) is 3.13. The van der Waals surface area contributed by atoms with Gasteiger partial charge in [-0.1, -0.05) is 6.07 Å². The third-order valence-electron chi connectivity index (χ3n) is 3.22. The van der Waals surface area contributed by atoms with Gasteiger partial charge in [-0.25, -0.2) is 5.32 Å². The molecule has 0 spiro atoms. The molecule has 0 bridgehead atoms. The van der Waals surface area contributed by atoms with Gasteiger partial charge in [0.05, 0.1) is 12.8 Å². The number of thiophene rings is 1. The van der Waals surface area contributed by atoms with Crippen LogP contribution in [0.5, 0.6) is 5.75 Å². The molecule has 108 valence electrons. The van der Waals surface area contributed by atoms with Crippen LogP contribution in [0.25, 0.3) is 0 Å². The number of ether oxygens (including phenoxy) is 1. The summed E-state index contributed by atoms with van der Waals surface area (Å²) < 4.78 is 5.13. The van der Waals surface area contributed by atoms with Crippen molar-refractivity contribution in [1.82, 2.24) is 4.90 Å². The SMILES string of the molecule is COc1ccc(NC2=[NH+]CC(=O)N2Cc2cccs2)cc1. The molecule has 5 nitrogen and oxygen atoms in total. The maximum absolute atomic E-state index is 12.0. The largest absolute Gasteiger partial charge is 0.497 e. The summed E-state index contributed by atoms with van der Waals surface area (Å²) in [4.78, 5) is 18.0. The number of nitrogens with zero attached hydrogens (tertiary/aromatic N) is 1. The van der Waals surface area contributed by atoms with E-state index in [9.17, 15) is 4.79 Å². The van der Waals surface area contributed by atoms with Crippen molar-refractivity contribution in [3.05, 3.63) is 46.7 Å². The molecule has 0 fully saturated rings. The Balaban J connectivity index is 1.72. The lowest BCUT2D eigenvalue weighted by Crippen LogP contribution is -2.72. The van der Waals surface area contributed by atoms with E-state index in [2.05, 4.69) is 10.3 Å². The van der Waals surface area contributed by atoms with Crippen molar-refractivity contribution in [2.75, 3.05) is 19.0 Å². The summed E-state index contributed by atoms with van der Waals surface area (Å²) in [6.07, 6.45) is 0. The van der Waals surface area contributed by atoms with Crippen LogP contribution in [0.1, 0.15) is 4.88 Å². The predicted octanol–water partition coefficient (Wildman–Crippen LogP) is 0.648. The molecule has 3 rings (SSSR count). The molecule has 0 radical (unpaired) electrons. The van der Waals surface area contributed by atoms with Crippen LogP contribution in [-0.4, -0.2) is 30.4 Å². The van der Waals surface area contributed by atoms with E-state index in [1.165, 1.54) is 0 Å². The van der Waals surface area contributed by atoms with E-state index in [-0.39, 0.29) is 5.91 Å². The predicted molar refractivity (Wildman–Crippen MR) is 82.3 cm³/mol. The highest BCUT2D eigenvalue weighted by molar-refractivity contribution is 7.09. The van der Waals surface area contributed by atoms with Gasteiger partial charge in [0.15, 0.2) is 6.54 Å². The molecule has 0 unspecified atom stereocenters. The highest BCUT2D eigenvalue weighted by Crippen LogP contribution is 2.16. The van der Waals surface area contributed by atoms with Crippen LogP contribution < -0.4 is 15.0 Å². The molecule has 2 aromatic rings. The molecule has 2 heterocycles. The Morgan fingerprint density at radius 3 is 2.81 bits per heavy atom. The van der Waals surface area contributed by atoms with Crippen molar-refractivity contribution in [2.24, 2.45) is 0 Å². The number of benzene rings is 1. The van der Waals surface area contributed by atoms with Gasteiger partial charge in [-0.3, -0.25) is 9.79 Å². The van der Waals surface area contributed by atoms with Crippen molar-refractivity contribution in [3.8, 4) is 5.75 Å². The minimum atomic E-state index is 0.0689. The van der Waals surface area contributed by atoms with Crippen LogP contribution in [0, 0.1) is 0 Å². The van der Waals surface area contributed by atoms with Crippen LogP contribution in [0.3, 0.4) is 0 Å². The van der Waals surface area contributed by atoms with E-state index >= 15 is 0 Å². The van der Waals surface area contributed by atoms with Gasteiger partial charge in [0.25, 0.3) is 0 Å². The number of methoxy groups -OCH3 is 1. The second kappa shape index (κ2) is 5.97. The molecule has 0 atom stereocenters. The minimum Gasteiger partial charge on any atom is -0.497 e. The zero-order valence-corrected chi connectivity index (χ0v) is 12.4. The van der Waals surface area contributed by atoms with Gasteiger partial charge in [0, 0.05) is 4.88 Å². The quantitative estimate of drug-likeness (QED) is 0.872. The lowest BCUT2D eigenvalue weighted by atomic mass is 10.3. The van der Waals surface area contributed by atoms with E-state index in [0.717, 1.165) is 22.3 Å². The Hall–Kier alpha value is -2.34. The summed E-state index contributed by atoms with van der Waals surface area (Å²) >= 11 is 1.65. The smallest absolute Gasteiger partial charge is 0.358 e. The highest BCUT2D eigenvalue weighted by Gasteiger charge is 2.33. The Labute approximate surface area is 126 Å². The fourth-order valence-electron chi connectivity index (χ4n) is 2.12. The van der Waals surface area contributed by atoms with E-state index < -0.39 is 0 Å². The summed E-state index contributed by atoms with van der Waals surface area (Å²) in [7, 11) is 1.64. The number of hydrogen-bond acceptors (Lipinski definition) is 4. The number of nitrogens with one attached hydrogen (secondary N) is 2. The van der Waals surface area contributed by atoms with E-state index in [0.29, 0.717) is 13.1 Å². The van der Waals surface area contributed by atoms with Gasteiger partial charge in [-0.05, 0) is 35.7 Å². The molecule has 1 amide bonds. The molecule has 1 aliphatic rings. The van der Waals surface area contributed by atoms with E-state index in [4.69, 9.17) is 4.74 Å². The maximum atomic E-state index is 12.0. The van der Waals surface area contributed by atoms with Gasteiger partial charge in [0.1, 0.15) is 12.3 Å². The van der Waals surface area contributed by atoms with Gasteiger partial charge >= 0.3 is 11.9 Å². The van der Waals surface area contributed by atoms with Gasteiger partial charge in [-0.2, -0.15) is 4.90 Å². The molecule has 0 aliphatic carbocycles. The lowest BCUT2D eigenvalue weighted by Gasteiger charge is -2.11. The zero-order chi connectivity index (χ0) is 14.7. The number of anilines is 1. The second-order valence-corrected chi connectivity index (χ2v) is 5.65. The third-order valence-corrected chi connectivity index (χ3v) is 4.09. The van der Waals surface area contributed by atoms with E-state index in [1.54, 1.807) is 23.3 Å². The molecule has 6 heteroatoms. The number of amides is 1. The average molecular weight is 302 g/mol. The van der Waals surface area contributed by atoms with Crippen molar-refractivity contribution >= 4 is 28.9 Å². The van der Waals surface area contributed by atoms with Crippen LogP contribution in [0.15, 0.2) is 41.8 Å². The van der Waals surface area contributed by atoms with Crippen LogP contribution in [0.4, 0.5) is 5.69 Å². The molecule has 0 saturated heterocycles. The number of guanidine groups is 1. The molecule has 1 aromatic carbocycles. The van der Waals surface area contributed by atoms with Crippen molar-refractivity contribution in [1.29, 1.82) is 0 Å². The Kier molecular flexibility index (Phi) is 3.87. The minimum absolute atomic E-state index is 0.0689. The van der Waals surface area contributed by atoms with Crippen LogP contribution in [-0.2, 0) is 11.3 Å². The highest BCUT2D eigenvalue weighted by atomic mass is 32.1. The Morgan fingerprint density at radius 1 is 1.33 bits per heavy atom. The first-order chi connectivity index (χ1) is 10.3. The van der Waals surface area contributed by atoms with Crippen molar-refractivity contribution < 1.29 is 14.5 Å². The monoisotopic (exact) mass is 302 g/mol. The normalized spacial score (nSPS) is 14.2. The van der Waals surface area contributed by atoms with Gasteiger partial charge < -0.3 is 4.74 Å². The maximum Gasteiger partial charge on any atom is 0.358 e. The number of carbonyl (C=O) groups is 1. The molecule has 0 saturated carbocycles. The number of hydrogen-bond donors (Lipinski definition) is 2. The van der Waals surface area contributed by atoms with Crippen LogP contribution in [0.2, 0.25) is 0 Å². The summed E-state index contributed by atoms with van der Waals surface area (Å²) in [5, 5.41) is 5.26. The topological polar surface area (TPSA) is 55.5 Å². The lowest BCUT2D eigenvalue weighted by molar-refractivity contribution is -0.438. The molecule has 1 aromatic heterocycles. The first-order valence-corrected chi connectivity index (χ1v) is 7.49. The third kappa shape index (κ3) is 3.05. The number of carbonyl (C=O) groups excluding carboxylic acids is 1. The summed E-state index contributed by atoms with van der Waals surface area (Å²) in [6.45, 7) is 0.909.